The Hall–Kier alpha value is -2.96. The van der Waals surface area contributed by atoms with Crippen molar-refractivity contribution in [3.05, 3.63) is 93.4 Å². The first-order valence-corrected chi connectivity index (χ1v) is 10.2. The molecule has 0 aliphatic carbocycles. The second-order valence-corrected chi connectivity index (χ2v) is 8.22. The summed E-state index contributed by atoms with van der Waals surface area (Å²) in [5, 5.41) is 6.85. The number of benzene rings is 3. The Labute approximate surface area is 179 Å². The molecule has 3 heterocycles. The van der Waals surface area contributed by atoms with Gasteiger partial charge in [-0.1, -0.05) is 63.9 Å². The molecule has 0 N–H and O–H groups in total. The third-order valence-electron chi connectivity index (χ3n) is 5.30. The van der Waals surface area contributed by atoms with Gasteiger partial charge in [0.1, 0.15) is 18.4 Å². The van der Waals surface area contributed by atoms with Crippen LogP contribution in [0.4, 0.5) is 0 Å². The minimum absolute atomic E-state index is 0.135. The molecule has 0 spiro atoms. The zero-order valence-electron chi connectivity index (χ0n) is 14.9. The van der Waals surface area contributed by atoms with Crippen molar-refractivity contribution in [2.24, 2.45) is 0 Å². The predicted molar refractivity (Wildman–Crippen MR) is 115 cm³/mol. The van der Waals surface area contributed by atoms with Gasteiger partial charge in [-0.3, -0.25) is 0 Å². The lowest BCUT2D eigenvalue weighted by Gasteiger charge is -2.29. The van der Waals surface area contributed by atoms with Gasteiger partial charge in [0.05, 0.1) is 5.56 Å². The van der Waals surface area contributed by atoms with Gasteiger partial charge in [0.25, 0.3) is 0 Å². The monoisotopic (exact) mass is 462 g/mol. The fraction of sp³-hybridized carbons (Fsp3) is 0.0455. The summed E-state index contributed by atoms with van der Waals surface area (Å²) < 4.78 is 9.02. The highest BCUT2D eigenvalue weighted by Gasteiger charge is 2.34. The Bertz CT molecular complexity index is 1410. The van der Waals surface area contributed by atoms with Gasteiger partial charge in [-0.15, -0.1) is 0 Å². The molecule has 5 nitrogen and oxygen atoms in total. The van der Waals surface area contributed by atoms with Crippen LogP contribution < -0.4 is 4.74 Å². The highest BCUT2D eigenvalue weighted by Crippen LogP contribution is 2.51. The molecule has 2 aromatic heterocycles. The summed E-state index contributed by atoms with van der Waals surface area (Å²) in [6.45, 7) is 0. The topological polar surface area (TPSA) is 52.3 Å². The van der Waals surface area contributed by atoms with Crippen LogP contribution in [-0.4, -0.2) is 19.6 Å². The number of aromatic nitrogens is 4. The molecule has 5 aromatic rings. The minimum atomic E-state index is -0.135. The Morgan fingerprint density at radius 2 is 1.79 bits per heavy atom. The van der Waals surface area contributed by atoms with Crippen molar-refractivity contribution in [1.82, 2.24) is 19.6 Å². The highest BCUT2D eigenvalue weighted by atomic mass is 79.9. The van der Waals surface area contributed by atoms with E-state index in [1.54, 1.807) is 10.8 Å². The van der Waals surface area contributed by atoms with Crippen molar-refractivity contribution >= 4 is 44.0 Å². The van der Waals surface area contributed by atoms with E-state index in [1.807, 2.05) is 42.5 Å². The van der Waals surface area contributed by atoms with E-state index in [4.69, 9.17) is 16.3 Å². The largest absolute Gasteiger partial charge is 0.438 e. The van der Waals surface area contributed by atoms with Crippen LogP contribution in [0.2, 0.25) is 5.02 Å². The summed E-state index contributed by atoms with van der Waals surface area (Å²) >= 11 is 10.2. The predicted octanol–water partition coefficient (Wildman–Crippen LogP) is 5.98. The van der Waals surface area contributed by atoms with E-state index in [9.17, 15) is 0 Å². The molecule has 1 unspecified atom stereocenters. The van der Waals surface area contributed by atoms with Crippen LogP contribution in [0.3, 0.4) is 0 Å². The van der Waals surface area contributed by atoms with Gasteiger partial charge in [0.2, 0.25) is 5.88 Å². The molecule has 0 saturated heterocycles. The first kappa shape index (κ1) is 16.9. The lowest BCUT2D eigenvalue weighted by atomic mass is 9.83. The van der Waals surface area contributed by atoms with Crippen LogP contribution in [0.25, 0.3) is 16.4 Å². The smallest absolute Gasteiger partial charge is 0.228 e. The quantitative estimate of drug-likeness (QED) is 0.301. The van der Waals surface area contributed by atoms with Crippen LogP contribution in [0.1, 0.15) is 22.6 Å². The fourth-order valence-electron chi connectivity index (χ4n) is 4.04. The number of rotatable bonds is 1. The lowest BCUT2D eigenvalue weighted by Crippen LogP contribution is -2.15. The molecule has 0 bridgehead atoms. The molecule has 0 amide bonds. The Morgan fingerprint density at radius 1 is 1.00 bits per heavy atom. The maximum Gasteiger partial charge on any atom is 0.228 e. The number of nitrogens with zero attached hydrogens (tertiary/aromatic N) is 4. The maximum atomic E-state index is 6.68. The molecule has 140 valence electrons. The third kappa shape index (κ3) is 2.49. The molecule has 3 aromatic carbocycles. The summed E-state index contributed by atoms with van der Waals surface area (Å²) in [5.41, 5.74) is 3.69. The molecule has 1 atom stereocenters. The molecule has 0 radical (unpaired) electrons. The standard InChI is InChI=1S/C22H12BrClN4O/c23-13-7-5-12(6-8-13)18-16-9-17(24)14-3-1-2-4-15(14)20(16)29-22-19(18)21-25-10-27-28(21)11-26-22/h1-11,18H. The van der Waals surface area contributed by atoms with E-state index in [0.29, 0.717) is 10.9 Å². The molecule has 7 heteroatoms. The normalized spacial score (nSPS) is 15.2. The number of hydrogen-bond acceptors (Lipinski definition) is 4. The Kier molecular flexibility index (Phi) is 3.66. The molecule has 0 saturated carbocycles. The van der Waals surface area contributed by atoms with Crippen LogP contribution in [0.15, 0.2) is 71.7 Å². The summed E-state index contributed by atoms with van der Waals surface area (Å²) in [6.07, 6.45) is 3.15. The van der Waals surface area contributed by atoms with E-state index in [1.165, 1.54) is 6.33 Å². The summed E-state index contributed by atoms with van der Waals surface area (Å²) in [4.78, 5) is 9.01. The molecule has 0 fully saturated rings. The van der Waals surface area contributed by atoms with Gasteiger partial charge in [0.15, 0.2) is 5.65 Å². The number of hydrogen-bond donors (Lipinski definition) is 0. The molecule has 1 aliphatic rings. The van der Waals surface area contributed by atoms with E-state index in [-0.39, 0.29) is 5.92 Å². The van der Waals surface area contributed by atoms with Crippen LogP contribution in [0.5, 0.6) is 11.6 Å². The van der Waals surface area contributed by atoms with Gasteiger partial charge in [-0.05, 0) is 23.8 Å². The summed E-state index contributed by atoms with van der Waals surface area (Å²) in [5.74, 6) is 1.18. The van der Waals surface area contributed by atoms with Crippen molar-refractivity contribution in [3.63, 3.8) is 0 Å². The molecule has 6 rings (SSSR count). The average molecular weight is 464 g/mol. The summed E-state index contributed by atoms with van der Waals surface area (Å²) in [6, 6.07) is 18.2. The number of ether oxygens (including phenoxy) is 1. The van der Waals surface area contributed by atoms with Gasteiger partial charge < -0.3 is 4.74 Å². The second-order valence-electron chi connectivity index (χ2n) is 6.90. The lowest BCUT2D eigenvalue weighted by molar-refractivity contribution is 0.437. The zero-order chi connectivity index (χ0) is 19.5. The second kappa shape index (κ2) is 6.27. The third-order valence-corrected chi connectivity index (χ3v) is 6.15. The number of fused-ring (bicyclic) bond motifs is 6. The van der Waals surface area contributed by atoms with Crippen LogP contribution in [0, 0.1) is 0 Å². The van der Waals surface area contributed by atoms with E-state index in [2.05, 4.69) is 43.1 Å². The van der Waals surface area contributed by atoms with Crippen LogP contribution >= 0.6 is 27.5 Å². The van der Waals surface area contributed by atoms with E-state index in [0.717, 1.165) is 43.3 Å². The first-order chi connectivity index (χ1) is 14.2. The molecular weight excluding hydrogens is 452 g/mol. The molecular formula is C22H12BrClN4O. The van der Waals surface area contributed by atoms with Crippen molar-refractivity contribution in [2.45, 2.75) is 5.92 Å². The van der Waals surface area contributed by atoms with Crippen molar-refractivity contribution < 1.29 is 4.74 Å². The van der Waals surface area contributed by atoms with Crippen LogP contribution in [-0.2, 0) is 0 Å². The van der Waals surface area contributed by atoms with Gasteiger partial charge in [0, 0.05) is 31.7 Å². The Balaban J connectivity index is 1.73. The zero-order valence-corrected chi connectivity index (χ0v) is 17.2. The maximum absolute atomic E-state index is 6.68. The minimum Gasteiger partial charge on any atom is -0.438 e. The van der Waals surface area contributed by atoms with E-state index < -0.39 is 0 Å². The summed E-state index contributed by atoms with van der Waals surface area (Å²) in [7, 11) is 0. The van der Waals surface area contributed by atoms with Crippen molar-refractivity contribution in [3.8, 4) is 11.6 Å². The SMILES string of the molecule is Clc1cc2c(c3ccccc13)Oc1ncn3ncnc3c1C2c1ccc(Br)cc1. The first-order valence-electron chi connectivity index (χ1n) is 9.03. The Morgan fingerprint density at radius 3 is 2.62 bits per heavy atom. The van der Waals surface area contributed by atoms with Crippen molar-refractivity contribution in [2.75, 3.05) is 0 Å². The van der Waals surface area contributed by atoms with Gasteiger partial charge in [-0.2, -0.15) is 5.10 Å². The highest BCUT2D eigenvalue weighted by molar-refractivity contribution is 9.10. The molecule has 29 heavy (non-hydrogen) atoms. The van der Waals surface area contributed by atoms with Gasteiger partial charge >= 0.3 is 0 Å². The molecule has 1 aliphatic heterocycles. The van der Waals surface area contributed by atoms with Crippen molar-refractivity contribution in [1.29, 1.82) is 0 Å². The number of halogens is 2. The van der Waals surface area contributed by atoms with Gasteiger partial charge in [-0.25, -0.2) is 14.5 Å². The van der Waals surface area contributed by atoms with E-state index >= 15 is 0 Å². The fourth-order valence-corrected chi connectivity index (χ4v) is 4.59. The average Bonchev–Trinajstić information content (AvgIpc) is 3.23.